The number of rotatable bonds is 4. The van der Waals surface area contributed by atoms with Crippen molar-refractivity contribution in [3.63, 3.8) is 0 Å². The Hall–Kier alpha value is -1.41. The summed E-state index contributed by atoms with van der Waals surface area (Å²) in [5.74, 6) is -1.22. The summed E-state index contributed by atoms with van der Waals surface area (Å²) in [4.78, 5) is 17.0. The fourth-order valence-corrected chi connectivity index (χ4v) is 2.51. The van der Waals surface area contributed by atoms with Gasteiger partial charge in [-0.25, -0.2) is 13.4 Å². The van der Waals surface area contributed by atoms with E-state index >= 15 is 0 Å². The maximum absolute atomic E-state index is 11.8. The second kappa shape index (κ2) is 4.46. The predicted octanol–water partition coefficient (Wildman–Crippen LogP) is 0.187. The Morgan fingerprint density at radius 2 is 2.12 bits per heavy atom. The van der Waals surface area contributed by atoms with E-state index < -0.39 is 27.4 Å². The van der Waals surface area contributed by atoms with Gasteiger partial charge in [-0.15, -0.1) is 0 Å². The highest BCUT2D eigenvalue weighted by Gasteiger charge is 2.35. The summed E-state index contributed by atoms with van der Waals surface area (Å²) in [6, 6.07) is -1.21. The van der Waals surface area contributed by atoms with Crippen LogP contribution in [0.3, 0.4) is 0 Å². The standard InChI is InChI=1S/C9H15N3O4S/c1-9(2,3)7(8(13)14)12-17(15,16)6-4-10-5-11-6/h4-5,7,12H,1-3H3,(H,10,11)(H,13,14)/t7-/m1/s1. The van der Waals surface area contributed by atoms with Crippen molar-refractivity contribution in [2.45, 2.75) is 31.8 Å². The lowest BCUT2D eigenvalue weighted by Gasteiger charge is -2.27. The molecule has 0 saturated carbocycles. The van der Waals surface area contributed by atoms with Crippen molar-refractivity contribution in [3.05, 3.63) is 12.5 Å². The van der Waals surface area contributed by atoms with Crippen LogP contribution in [0.4, 0.5) is 0 Å². The van der Waals surface area contributed by atoms with Gasteiger partial charge in [-0.2, -0.15) is 4.72 Å². The van der Waals surface area contributed by atoms with Crippen LogP contribution >= 0.6 is 0 Å². The van der Waals surface area contributed by atoms with E-state index in [2.05, 4.69) is 14.7 Å². The number of imidazole rings is 1. The number of carbonyl (C=O) groups is 1. The number of aromatic nitrogens is 2. The minimum Gasteiger partial charge on any atom is -0.480 e. The Balaban J connectivity index is 3.01. The van der Waals surface area contributed by atoms with E-state index in [0.29, 0.717) is 0 Å². The summed E-state index contributed by atoms with van der Waals surface area (Å²) in [7, 11) is -3.89. The molecule has 0 aliphatic rings. The molecule has 0 unspecified atom stereocenters. The lowest BCUT2D eigenvalue weighted by Crippen LogP contribution is -2.49. The molecule has 8 heteroatoms. The topological polar surface area (TPSA) is 112 Å². The molecule has 1 aromatic heterocycles. The van der Waals surface area contributed by atoms with Gasteiger partial charge in [0.05, 0.1) is 12.5 Å². The second-order valence-corrected chi connectivity index (χ2v) is 6.36. The summed E-state index contributed by atoms with van der Waals surface area (Å²) in [6.07, 6.45) is 2.32. The Labute approximate surface area is 99.3 Å². The molecule has 17 heavy (non-hydrogen) atoms. The average molecular weight is 261 g/mol. The van der Waals surface area contributed by atoms with Gasteiger partial charge in [0.15, 0.2) is 5.03 Å². The van der Waals surface area contributed by atoms with Crippen LogP contribution in [0.2, 0.25) is 0 Å². The highest BCUT2D eigenvalue weighted by atomic mass is 32.2. The van der Waals surface area contributed by atoms with E-state index in [1.165, 1.54) is 6.33 Å². The van der Waals surface area contributed by atoms with Crippen LogP contribution in [0.15, 0.2) is 17.6 Å². The first-order valence-electron chi connectivity index (χ1n) is 4.88. The summed E-state index contributed by atoms with van der Waals surface area (Å²) < 4.78 is 25.8. The van der Waals surface area contributed by atoms with Crippen molar-refractivity contribution in [1.82, 2.24) is 14.7 Å². The number of aliphatic carboxylic acids is 1. The largest absolute Gasteiger partial charge is 0.480 e. The van der Waals surface area contributed by atoms with Crippen molar-refractivity contribution in [3.8, 4) is 0 Å². The third-order valence-corrected chi connectivity index (χ3v) is 3.50. The number of nitrogens with zero attached hydrogens (tertiary/aromatic N) is 1. The van der Waals surface area contributed by atoms with Gasteiger partial charge in [0, 0.05) is 0 Å². The van der Waals surface area contributed by atoms with E-state index in [9.17, 15) is 13.2 Å². The monoisotopic (exact) mass is 261 g/mol. The van der Waals surface area contributed by atoms with Gasteiger partial charge in [-0.1, -0.05) is 20.8 Å². The molecular formula is C9H15N3O4S. The molecule has 0 amide bonds. The number of hydrogen-bond donors (Lipinski definition) is 3. The third-order valence-electron chi connectivity index (χ3n) is 2.15. The van der Waals surface area contributed by atoms with Crippen LogP contribution in [0.1, 0.15) is 20.8 Å². The summed E-state index contributed by atoms with van der Waals surface area (Å²) in [5.41, 5.74) is -0.737. The maximum atomic E-state index is 11.8. The second-order valence-electron chi connectivity index (χ2n) is 4.67. The summed E-state index contributed by atoms with van der Waals surface area (Å²) in [5, 5.41) is 8.86. The maximum Gasteiger partial charge on any atom is 0.322 e. The molecule has 96 valence electrons. The lowest BCUT2D eigenvalue weighted by atomic mass is 9.88. The summed E-state index contributed by atoms with van der Waals surface area (Å²) in [6.45, 7) is 4.92. The van der Waals surface area contributed by atoms with Crippen LogP contribution in [0.25, 0.3) is 0 Å². The van der Waals surface area contributed by atoms with Gasteiger partial charge in [0.1, 0.15) is 6.04 Å². The van der Waals surface area contributed by atoms with Gasteiger partial charge < -0.3 is 10.1 Å². The lowest BCUT2D eigenvalue weighted by molar-refractivity contribution is -0.141. The molecular weight excluding hydrogens is 246 g/mol. The quantitative estimate of drug-likeness (QED) is 0.716. The van der Waals surface area contributed by atoms with Crippen LogP contribution in [0.5, 0.6) is 0 Å². The van der Waals surface area contributed by atoms with Crippen molar-refractivity contribution in [2.24, 2.45) is 5.41 Å². The molecule has 7 nitrogen and oxygen atoms in total. The van der Waals surface area contributed by atoms with Crippen molar-refractivity contribution >= 4 is 16.0 Å². The van der Waals surface area contributed by atoms with Crippen LogP contribution in [-0.2, 0) is 14.8 Å². The highest BCUT2D eigenvalue weighted by Crippen LogP contribution is 2.21. The van der Waals surface area contributed by atoms with Gasteiger partial charge in [0.2, 0.25) is 0 Å². The van der Waals surface area contributed by atoms with E-state index in [0.717, 1.165) is 6.20 Å². The molecule has 1 rings (SSSR count). The number of H-pyrrole nitrogens is 1. The Morgan fingerprint density at radius 1 is 1.53 bits per heavy atom. The zero-order valence-electron chi connectivity index (χ0n) is 9.76. The molecule has 0 aliphatic heterocycles. The Kier molecular flexibility index (Phi) is 3.58. The van der Waals surface area contributed by atoms with Crippen molar-refractivity contribution in [2.75, 3.05) is 0 Å². The van der Waals surface area contributed by atoms with Crippen LogP contribution in [0, 0.1) is 5.41 Å². The molecule has 0 bridgehead atoms. The van der Waals surface area contributed by atoms with Crippen molar-refractivity contribution < 1.29 is 18.3 Å². The van der Waals surface area contributed by atoms with Gasteiger partial charge in [-0.05, 0) is 5.41 Å². The average Bonchev–Trinajstić information content (AvgIpc) is 2.65. The molecule has 1 atom stereocenters. The number of nitrogens with one attached hydrogen (secondary N) is 2. The van der Waals surface area contributed by atoms with Gasteiger partial charge in [0.25, 0.3) is 10.0 Å². The number of sulfonamides is 1. The van der Waals surface area contributed by atoms with E-state index in [-0.39, 0.29) is 5.03 Å². The Morgan fingerprint density at radius 3 is 2.47 bits per heavy atom. The molecule has 0 saturated heterocycles. The molecule has 0 aliphatic carbocycles. The normalized spacial score (nSPS) is 14.5. The fraction of sp³-hybridized carbons (Fsp3) is 0.556. The molecule has 0 aromatic carbocycles. The van der Waals surface area contributed by atoms with E-state index in [1.807, 2.05) is 0 Å². The smallest absolute Gasteiger partial charge is 0.322 e. The number of hydrogen-bond acceptors (Lipinski definition) is 4. The number of carboxylic acid groups (broad SMARTS) is 1. The SMILES string of the molecule is CC(C)(C)[C@H](NS(=O)(=O)c1cnc[nH]1)C(=O)O. The Bertz CT molecular complexity index is 487. The zero-order valence-corrected chi connectivity index (χ0v) is 10.6. The highest BCUT2D eigenvalue weighted by molar-refractivity contribution is 7.89. The minimum atomic E-state index is -3.89. The fourth-order valence-electron chi connectivity index (χ4n) is 1.21. The van der Waals surface area contributed by atoms with E-state index in [4.69, 9.17) is 5.11 Å². The summed E-state index contributed by atoms with van der Waals surface area (Å²) >= 11 is 0. The third kappa shape index (κ3) is 3.27. The number of carboxylic acids is 1. The van der Waals surface area contributed by atoms with Gasteiger partial charge in [-0.3, -0.25) is 4.79 Å². The molecule has 1 heterocycles. The molecule has 1 aromatic rings. The van der Waals surface area contributed by atoms with Crippen molar-refractivity contribution in [1.29, 1.82) is 0 Å². The molecule has 3 N–H and O–H groups in total. The first kappa shape index (κ1) is 13.7. The van der Waals surface area contributed by atoms with Crippen LogP contribution < -0.4 is 4.72 Å². The zero-order chi connectivity index (χ0) is 13.3. The molecule has 0 spiro atoms. The first-order chi connectivity index (χ1) is 7.64. The predicted molar refractivity (Wildman–Crippen MR) is 59.8 cm³/mol. The van der Waals surface area contributed by atoms with Gasteiger partial charge >= 0.3 is 5.97 Å². The molecule has 0 radical (unpaired) electrons. The molecule has 0 fully saturated rings. The number of aromatic amines is 1. The van der Waals surface area contributed by atoms with E-state index in [1.54, 1.807) is 20.8 Å². The first-order valence-corrected chi connectivity index (χ1v) is 6.36. The van der Waals surface area contributed by atoms with Crippen LogP contribution in [-0.4, -0.2) is 35.5 Å². The minimum absolute atomic E-state index is 0.159.